The fourth-order valence-electron chi connectivity index (χ4n) is 2.17. The van der Waals surface area contributed by atoms with Crippen molar-refractivity contribution in [2.45, 2.75) is 32.2 Å². The molecule has 3 nitrogen and oxygen atoms in total. The van der Waals surface area contributed by atoms with Gasteiger partial charge in [-0.05, 0) is 32.4 Å². The second-order valence-electron chi connectivity index (χ2n) is 4.52. The number of ether oxygens (including phenoxy) is 1. The first-order valence-corrected chi connectivity index (χ1v) is 7.05. The Morgan fingerprint density at radius 2 is 2.15 bits per heavy atom. The molecule has 0 aliphatic rings. The van der Waals surface area contributed by atoms with Gasteiger partial charge in [0.25, 0.3) is 0 Å². The number of rotatable bonds is 6. The van der Waals surface area contributed by atoms with Gasteiger partial charge in [0, 0.05) is 19.8 Å². The standard InChI is InChI=1S/C14H17ClF2N2O/c1-3-20-8-4-7-19-13-11(18-14(19)9(2)15)6-5-10(16)12(13)17/h5-6,9H,3-4,7-8H2,1-2H3. The summed E-state index contributed by atoms with van der Waals surface area (Å²) >= 11 is 6.08. The van der Waals surface area contributed by atoms with Gasteiger partial charge in [-0.2, -0.15) is 0 Å². The van der Waals surface area contributed by atoms with Crippen molar-refractivity contribution in [2.24, 2.45) is 0 Å². The first-order valence-electron chi connectivity index (χ1n) is 6.62. The number of halogens is 3. The lowest BCUT2D eigenvalue weighted by Gasteiger charge is -2.11. The number of aryl methyl sites for hydroxylation is 1. The zero-order valence-electron chi connectivity index (χ0n) is 11.5. The van der Waals surface area contributed by atoms with Gasteiger partial charge in [0.05, 0.1) is 10.9 Å². The van der Waals surface area contributed by atoms with E-state index in [0.717, 1.165) is 6.07 Å². The van der Waals surface area contributed by atoms with Crippen molar-refractivity contribution in [2.75, 3.05) is 13.2 Å². The van der Waals surface area contributed by atoms with Crippen molar-refractivity contribution in [3.63, 3.8) is 0 Å². The smallest absolute Gasteiger partial charge is 0.184 e. The van der Waals surface area contributed by atoms with Crippen LogP contribution in [-0.2, 0) is 11.3 Å². The summed E-state index contributed by atoms with van der Waals surface area (Å²) in [6, 6.07) is 2.55. The molecule has 0 amide bonds. The molecule has 1 aromatic heterocycles. The predicted octanol–water partition coefficient (Wildman–Crippen LogP) is 4.04. The van der Waals surface area contributed by atoms with Crippen LogP contribution in [0.1, 0.15) is 31.5 Å². The molecule has 0 saturated carbocycles. The van der Waals surface area contributed by atoms with Gasteiger partial charge in [-0.3, -0.25) is 0 Å². The second kappa shape index (κ2) is 6.50. The molecular formula is C14H17ClF2N2O. The van der Waals surface area contributed by atoms with E-state index in [4.69, 9.17) is 16.3 Å². The molecular weight excluding hydrogens is 286 g/mol. The predicted molar refractivity (Wildman–Crippen MR) is 75.0 cm³/mol. The van der Waals surface area contributed by atoms with E-state index in [1.165, 1.54) is 6.07 Å². The summed E-state index contributed by atoms with van der Waals surface area (Å²) in [5.41, 5.74) is 0.590. The van der Waals surface area contributed by atoms with Crippen molar-refractivity contribution in [1.29, 1.82) is 0 Å². The summed E-state index contributed by atoms with van der Waals surface area (Å²) in [5.74, 6) is -1.21. The van der Waals surface area contributed by atoms with Gasteiger partial charge in [-0.25, -0.2) is 13.8 Å². The number of benzene rings is 1. The summed E-state index contributed by atoms with van der Waals surface area (Å²) in [7, 11) is 0. The minimum Gasteiger partial charge on any atom is -0.382 e. The van der Waals surface area contributed by atoms with Gasteiger partial charge in [-0.1, -0.05) is 0 Å². The number of nitrogens with zero attached hydrogens (tertiary/aromatic N) is 2. The van der Waals surface area contributed by atoms with Crippen molar-refractivity contribution < 1.29 is 13.5 Å². The third-order valence-electron chi connectivity index (χ3n) is 3.06. The van der Waals surface area contributed by atoms with E-state index in [9.17, 15) is 8.78 Å². The van der Waals surface area contributed by atoms with Gasteiger partial charge in [0.1, 0.15) is 11.3 Å². The molecule has 1 aromatic carbocycles. The summed E-state index contributed by atoms with van der Waals surface area (Å²) in [4.78, 5) is 4.30. The summed E-state index contributed by atoms with van der Waals surface area (Å²) in [5, 5.41) is -0.378. The number of hydrogen-bond donors (Lipinski definition) is 0. The van der Waals surface area contributed by atoms with Crippen molar-refractivity contribution >= 4 is 22.6 Å². The number of aromatic nitrogens is 2. The average Bonchev–Trinajstić information content (AvgIpc) is 2.79. The van der Waals surface area contributed by atoms with Gasteiger partial charge in [-0.15, -0.1) is 11.6 Å². The number of imidazole rings is 1. The highest BCUT2D eigenvalue weighted by Gasteiger charge is 2.19. The second-order valence-corrected chi connectivity index (χ2v) is 5.17. The Kier molecular flexibility index (Phi) is 4.94. The topological polar surface area (TPSA) is 27.1 Å². The monoisotopic (exact) mass is 302 g/mol. The Hall–Kier alpha value is -1.20. The fraction of sp³-hybridized carbons (Fsp3) is 0.500. The quantitative estimate of drug-likeness (QED) is 0.595. The minimum absolute atomic E-state index is 0.170. The third-order valence-corrected chi connectivity index (χ3v) is 3.25. The number of fused-ring (bicyclic) bond motifs is 1. The number of hydrogen-bond acceptors (Lipinski definition) is 2. The van der Waals surface area contributed by atoms with Gasteiger partial charge >= 0.3 is 0 Å². The van der Waals surface area contributed by atoms with E-state index in [1.807, 2.05) is 6.92 Å². The maximum atomic E-state index is 14.0. The molecule has 0 fully saturated rings. The highest BCUT2D eigenvalue weighted by atomic mass is 35.5. The molecule has 6 heteroatoms. The summed E-state index contributed by atoms with van der Waals surface area (Å²) < 4.78 is 34.3. The van der Waals surface area contributed by atoms with Crippen LogP contribution < -0.4 is 0 Å². The molecule has 0 radical (unpaired) electrons. The Morgan fingerprint density at radius 3 is 2.80 bits per heavy atom. The first-order chi connectivity index (χ1) is 9.56. The number of alkyl halides is 1. The van der Waals surface area contributed by atoms with Crippen LogP contribution in [0.4, 0.5) is 8.78 Å². The lowest BCUT2D eigenvalue weighted by molar-refractivity contribution is 0.141. The van der Waals surface area contributed by atoms with E-state index >= 15 is 0 Å². The molecule has 2 rings (SSSR count). The van der Waals surface area contributed by atoms with Crippen molar-refractivity contribution in [1.82, 2.24) is 9.55 Å². The highest BCUT2D eigenvalue weighted by Crippen LogP contribution is 2.27. The first kappa shape index (κ1) is 15.2. The molecule has 0 N–H and O–H groups in total. The maximum absolute atomic E-state index is 14.0. The maximum Gasteiger partial charge on any atom is 0.184 e. The summed E-state index contributed by atoms with van der Waals surface area (Å²) in [6.07, 6.45) is 0.686. The van der Waals surface area contributed by atoms with Gasteiger partial charge in [0.15, 0.2) is 11.6 Å². The molecule has 0 aliphatic carbocycles. The van der Waals surface area contributed by atoms with Crippen LogP contribution in [-0.4, -0.2) is 22.8 Å². The van der Waals surface area contributed by atoms with Gasteiger partial charge < -0.3 is 9.30 Å². The molecule has 0 saturated heterocycles. The minimum atomic E-state index is -0.880. The van der Waals surface area contributed by atoms with E-state index < -0.39 is 11.6 Å². The fourth-order valence-corrected chi connectivity index (χ4v) is 2.34. The Balaban J connectivity index is 2.42. The van der Waals surface area contributed by atoms with Gasteiger partial charge in [0.2, 0.25) is 0 Å². The van der Waals surface area contributed by atoms with Crippen LogP contribution in [0, 0.1) is 11.6 Å². The van der Waals surface area contributed by atoms with Crippen LogP contribution in [0.5, 0.6) is 0 Å². The van der Waals surface area contributed by atoms with Crippen LogP contribution in [0.15, 0.2) is 12.1 Å². The van der Waals surface area contributed by atoms with Crippen LogP contribution in [0.3, 0.4) is 0 Å². The van der Waals surface area contributed by atoms with Crippen LogP contribution in [0.2, 0.25) is 0 Å². The molecule has 0 aliphatic heterocycles. The van der Waals surface area contributed by atoms with Crippen molar-refractivity contribution in [3.8, 4) is 0 Å². The lowest BCUT2D eigenvalue weighted by Crippen LogP contribution is -2.08. The van der Waals surface area contributed by atoms with Crippen molar-refractivity contribution in [3.05, 3.63) is 29.6 Å². The molecule has 0 spiro atoms. The molecule has 2 aromatic rings. The Morgan fingerprint density at radius 1 is 1.40 bits per heavy atom. The molecule has 0 bridgehead atoms. The third kappa shape index (κ3) is 2.94. The SMILES string of the molecule is CCOCCCn1c(C(C)Cl)nc2ccc(F)c(F)c21. The Bertz CT molecular complexity index is 598. The van der Waals surface area contributed by atoms with E-state index in [2.05, 4.69) is 4.98 Å². The average molecular weight is 303 g/mol. The van der Waals surface area contributed by atoms with Crippen LogP contribution >= 0.6 is 11.6 Å². The van der Waals surface area contributed by atoms with E-state index in [-0.39, 0.29) is 10.9 Å². The molecule has 20 heavy (non-hydrogen) atoms. The zero-order chi connectivity index (χ0) is 14.7. The normalized spacial score (nSPS) is 13.1. The van der Waals surface area contributed by atoms with E-state index in [1.54, 1.807) is 11.5 Å². The van der Waals surface area contributed by atoms with E-state index in [0.29, 0.717) is 37.5 Å². The molecule has 1 atom stereocenters. The summed E-state index contributed by atoms with van der Waals surface area (Å²) in [6.45, 7) is 5.35. The van der Waals surface area contributed by atoms with Crippen LogP contribution in [0.25, 0.3) is 11.0 Å². The lowest BCUT2D eigenvalue weighted by atomic mass is 10.3. The molecule has 1 unspecified atom stereocenters. The largest absolute Gasteiger partial charge is 0.382 e. The highest BCUT2D eigenvalue weighted by molar-refractivity contribution is 6.20. The zero-order valence-corrected chi connectivity index (χ0v) is 12.3. The molecule has 110 valence electrons. The Labute approximate surface area is 121 Å². The molecule has 1 heterocycles.